The molecule has 0 aliphatic rings. The molecule has 1 amide bonds. The summed E-state index contributed by atoms with van der Waals surface area (Å²) in [5.41, 5.74) is 2.18. The van der Waals surface area contributed by atoms with Gasteiger partial charge < -0.3 is 19.4 Å². The topological polar surface area (TPSA) is 73.9 Å². The van der Waals surface area contributed by atoms with E-state index in [1.54, 1.807) is 32.4 Å². The van der Waals surface area contributed by atoms with Crippen LogP contribution in [-0.4, -0.2) is 46.4 Å². The van der Waals surface area contributed by atoms with Crippen LogP contribution in [-0.2, 0) is 25.3 Å². The summed E-state index contributed by atoms with van der Waals surface area (Å²) in [5.74, 6) is -0.851. The number of ether oxygens (including phenoxy) is 1. The Labute approximate surface area is 167 Å². The number of hydrogen-bond acceptors (Lipinski definition) is 5. The van der Waals surface area contributed by atoms with Gasteiger partial charge in [-0.15, -0.1) is 0 Å². The number of halogens is 1. The van der Waals surface area contributed by atoms with E-state index < -0.39 is 19.1 Å². The highest BCUT2D eigenvalue weighted by molar-refractivity contribution is 9.10. The van der Waals surface area contributed by atoms with Crippen molar-refractivity contribution in [2.45, 2.75) is 12.5 Å². The monoisotopic (exact) mass is 433 g/mol. The van der Waals surface area contributed by atoms with Gasteiger partial charge >= 0.3 is 13.1 Å². The van der Waals surface area contributed by atoms with E-state index >= 15 is 0 Å². The second-order valence-corrected chi connectivity index (χ2v) is 6.72. The predicted molar refractivity (Wildman–Crippen MR) is 107 cm³/mol. The van der Waals surface area contributed by atoms with Gasteiger partial charge in [-0.05, 0) is 29.2 Å². The summed E-state index contributed by atoms with van der Waals surface area (Å²) in [4.78, 5) is 24.6. The average molecular weight is 434 g/mol. The number of carbonyl (C=O) groups excluding carboxylic acids is 2. The molecule has 0 saturated carbocycles. The first-order valence-corrected chi connectivity index (χ1v) is 9.06. The summed E-state index contributed by atoms with van der Waals surface area (Å²) < 4.78 is 16.1. The number of esters is 1. The van der Waals surface area contributed by atoms with Gasteiger partial charge in [0.1, 0.15) is 6.04 Å². The normalized spacial score (nSPS) is 11.6. The van der Waals surface area contributed by atoms with Gasteiger partial charge in [-0.3, -0.25) is 4.79 Å². The van der Waals surface area contributed by atoms with Crippen molar-refractivity contribution in [2.75, 3.05) is 21.3 Å². The molecule has 2 aromatic rings. The molecular weight excluding hydrogens is 413 g/mol. The second-order valence-electron chi connectivity index (χ2n) is 5.81. The van der Waals surface area contributed by atoms with Crippen LogP contribution in [0.2, 0.25) is 0 Å². The van der Waals surface area contributed by atoms with Crippen LogP contribution in [0.15, 0.2) is 53.0 Å². The summed E-state index contributed by atoms with van der Waals surface area (Å²) in [6, 6.07) is 13.6. The van der Waals surface area contributed by atoms with Crippen molar-refractivity contribution in [2.24, 2.45) is 0 Å². The Morgan fingerprint density at radius 2 is 1.74 bits per heavy atom. The molecule has 8 heteroatoms. The maximum absolute atomic E-state index is 12.5. The number of methoxy groups -OCH3 is 1. The number of nitrogens with one attached hydrogen (secondary N) is 1. The van der Waals surface area contributed by atoms with E-state index in [-0.39, 0.29) is 5.91 Å². The molecule has 0 heterocycles. The van der Waals surface area contributed by atoms with E-state index in [1.165, 1.54) is 7.11 Å². The molecule has 0 aliphatic carbocycles. The molecule has 2 rings (SSSR count). The third-order valence-electron chi connectivity index (χ3n) is 4.00. The van der Waals surface area contributed by atoms with E-state index in [0.717, 1.165) is 15.5 Å². The van der Waals surface area contributed by atoms with Crippen molar-refractivity contribution in [1.82, 2.24) is 5.32 Å². The van der Waals surface area contributed by atoms with E-state index in [1.807, 2.05) is 30.3 Å². The molecule has 0 bridgehead atoms. The van der Waals surface area contributed by atoms with Gasteiger partial charge in [0.2, 0.25) is 0 Å². The zero-order chi connectivity index (χ0) is 19.8. The van der Waals surface area contributed by atoms with E-state index in [4.69, 9.17) is 14.0 Å². The van der Waals surface area contributed by atoms with Crippen LogP contribution in [0.4, 0.5) is 0 Å². The summed E-state index contributed by atoms with van der Waals surface area (Å²) in [6.07, 6.45) is 0.303. The molecule has 0 radical (unpaired) electrons. The molecule has 0 fully saturated rings. The molecule has 0 aromatic heterocycles. The number of amides is 1. The highest BCUT2D eigenvalue weighted by Gasteiger charge is 2.23. The maximum Gasteiger partial charge on any atom is 0.493 e. The molecule has 142 valence electrons. The first-order valence-electron chi connectivity index (χ1n) is 8.27. The summed E-state index contributed by atoms with van der Waals surface area (Å²) in [6.45, 7) is 0. The van der Waals surface area contributed by atoms with Crippen molar-refractivity contribution >= 4 is 40.4 Å². The fraction of sp³-hybridized carbons (Fsp3) is 0.263. The zero-order valence-electron chi connectivity index (χ0n) is 15.4. The number of benzene rings is 2. The lowest BCUT2D eigenvalue weighted by atomic mass is 9.78. The first-order chi connectivity index (χ1) is 13.0. The highest BCUT2D eigenvalue weighted by Crippen LogP contribution is 2.12. The smallest absolute Gasteiger partial charge is 0.467 e. The number of carbonyl (C=O) groups is 2. The Morgan fingerprint density at radius 3 is 2.30 bits per heavy atom. The molecule has 6 nitrogen and oxygen atoms in total. The van der Waals surface area contributed by atoms with E-state index in [2.05, 4.69) is 21.2 Å². The van der Waals surface area contributed by atoms with Crippen LogP contribution in [0.25, 0.3) is 0 Å². The van der Waals surface area contributed by atoms with Crippen molar-refractivity contribution in [3.8, 4) is 0 Å². The lowest BCUT2D eigenvalue weighted by molar-refractivity contribution is -0.142. The van der Waals surface area contributed by atoms with Gasteiger partial charge in [-0.25, -0.2) is 4.79 Å². The van der Waals surface area contributed by atoms with Gasteiger partial charge in [-0.2, -0.15) is 0 Å². The van der Waals surface area contributed by atoms with Gasteiger partial charge in [-0.1, -0.05) is 46.3 Å². The Hall–Kier alpha value is -2.16. The third-order valence-corrected chi connectivity index (χ3v) is 4.49. The maximum atomic E-state index is 12.5. The SMILES string of the molecule is COB(OC)c1ccc(C[C@H](NC(=O)c2cccc(Br)c2)C(=O)OC)cc1. The Balaban J connectivity index is 2.12. The molecule has 0 aliphatic heterocycles. The fourth-order valence-electron chi connectivity index (χ4n) is 2.62. The van der Waals surface area contributed by atoms with Gasteiger partial charge in [0.15, 0.2) is 0 Å². The molecule has 2 aromatic carbocycles. The summed E-state index contributed by atoms with van der Waals surface area (Å²) in [5, 5.41) is 2.74. The molecule has 1 N–H and O–H groups in total. The summed E-state index contributed by atoms with van der Waals surface area (Å²) in [7, 11) is 3.97. The Kier molecular flexibility index (Phi) is 8.03. The third kappa shape index (κ3) is 5.92. The van der Waals surface area contributed by atoms with Crippen molar-refractivity contribution in [1.29, 1.82) is 0 Å². The molecule has 1 atom stereocenters. The highest BCUT2D eigenvalue weighted by atomic mass is 79.9. The zero-order valence-corrected chi connectivity index (χ0v) is 17.0. The van der Waals surface area contributed by atoms with Gasteiger partial charge in [0.05, 0.1) is 7.11 Å². The van der Waals surface area contributed by atoms with Gasteiger partial charge in [0.25, 0.3) is 5.91 Å². The van der Waals surface area contributed by atoms with E-state index in [0.29, 0.717) is 12.0 Å². The minimum absolute atomic E-state index is 0.303. The lowest BCUT2D eigenvalue weighted by Gasteiger charge is -2.17. The molecule has 0 saturated heterocycles. The van der Waals surface area contributed by atoms with Crippen LogP contribution in [0, 0.1) is 0 Å². The van der Waals surface area contributed by atoms with Crippen molar-refractivity contribution < 1.29 is 23.6 Å². The van der Waals surface area contributed by atoms with E-state index in [9.17, 15) is 9.59 Å². The number of rotatable bonds is 8. The van der Waals surface area contributed by atoms with Crippen LogP contribution >= 0.6 is 15.9 Å². The first kappa shape index (κ1) is 21.1. The van der Waals surface area contributed by atoms with Crippen molar-refractivity contribution in [3.63, 3.8) is 0 Å². The minimum atomic E-state index is -0.798. The summed E-state index contributed by atoms with van der Waals surface area (Å²) >= 11 is 3.33. The molecule has 0 spiro atoms. The minimum Gasteiger partial charge on any atom is -0.467 e. The van der Waals surface area contributed by atoms with Gasteiger partial charge in [0, 0.05) is 30.7 Å². The Morgan fingerprint density at radius 1 is 1.07 bits per heavy atom. The quantitative estimate of drug-likeness (QED) is 0.508. The lowest BCUT2D eigenvalue weighted by Crippen LogP contribution is -2.43. The molecular formula is C19H21BBrNO5. The second kappa shape index (κ2) is 10.2. The average Bonchev–Trinajstić information content (AvgIpc) is 2.69. The Bertz CT molecular complexity index is 780. The standard InChI is InChI=1S/C19H21BBrNO5/c1-25-19(24)17(22-18(23)14-5-4-6-16(21)12-14)11-13-7-9-15(10-8-13)20(26-2)27-3/h4-10,12,17H,11H2,1-3H3,(H,22,23)/t17-/m0/s1. The largest absolute Gasteiger partial charge is 0.493 e. The van der Waals surface area contributed by atoms with Crippen LogP contribution < -0.4 is 10.8 Å². The molecule has 0 unspecified atom stereocenters. The molecule has 27 heavy (non-hydrogen) atoms. The van der Waals surface area contributed by atoms with Crippen molar-refractivity contribution in [3.05, 3.63) is 64.1 Å². The van der Waals surface area contributed by atoms with Crippen LogP contribution in [0.3, 0.4) is 0 Å². The fourth-order valence-corrected chi connectivity index (χ4v) is 3.02. The van der Waals surface area contributed by atoms with Crippen LogP contribution in [0.5, 0.6) is 0 Å². The predicted octanol–water partition coefficient (Wildman–Crippen LogP) is 1.95. The number of hydrogen-bond donors (Lipinski definition) is 1. The van der Waals surface area contributed by atoms with Crippen LogP contribution in [0.1, 0.15) is 15.9 Å².